The number of nitrogens with two attached hydrogens (primary N) is 1. The predicted octanol–water partition coefficient (Wildman–Crippen LogP) is 4.58. The van der Waals surface area contributed by atoms with Crippen molar-refractivity contribution in [3.05, 3.63) is 29.6 Å². The molecule has 1 rings (SSSR count). The fraction of sp³-hybridized carbons (Fsp3) is 0.625. The molecule has 0 aliphatic heterocycles. The molecule has 0 saturated carbocycles. The second kappa shape index (κ2) is 8.16. The van der Waals surface area contributed by atoms with E-state index in [1.54, 1.807) is 6.07 Å². The van der Waals surface area contributed by atoms with E-state index in [1.165, 1.54) is 25.3 Å². The van der Waals surface area contributed by atoms with Crippen LogP contribution in [-0.2, 0) is 0 Å². The van der Waals surface area contributed by atoms with Crippen LogP contribution < -0.4 is 10.5 Å². The molecule has 0 bridgehead atoms. The number of hydrogen-bond donors (Lipinski definition) is 1. The molecule has 0 radical (unpaired) electrons. The zero-order valence-electron chi connectivity index (χ0n) is 12.3. The summed E-state index contributed by atoms with van der Waals surface area (Å²) in [4.78, 5) is 0. The van der Waals surface area contributed by atoms with Crippen LogP contribution in [0, 0.1) is 5.82 Å². The number of hydrogen-bond acceptors (Lipinski definition) is 2. The van der Waals surface area contributed by atoms with Crippen LogP contribution >= 0.6 is 0 Å². The first kappa shape index (κ1) is 16.0. The second-order valence-electron chi connectivity index (χ2n) is 5.26. The largest absolute Gasteiger partial charge is 0.488 e. The van der Waals surface area contributed by atoms with E-state index in [9.17, 15) is 4.39 Å². The first-order valence-electron chi connectivity index (χ1n) is 7.26. The monoisotopic (exact) mass is 267 g/mol. The topological polar surface area (TPSA) is 35.2 Å². The molecule has 0 aromatic heterocycles. The average Bonchev–Trinajstić information content (AvgIpc) is 2.37. The molecule has 108 valence electrons. The van der Waals surface area contributed by atoms with Crippen molar-refractivity contribution in [2.75, 3.05) is 0 Å². The molecule has 1 unspecified atom stereocenters. The smallest absolute Gasteiger partial charge is 0.165 e. The van der Waals surface area contributed by atoms with Crippen LogP contribution in [0.1, 0.15) is 64.5 Å². The summed E-state index contributed by atoms with van der Waals surface area (Å²) in [6, 6.07) is 4.81. The summed E-state index contributed by atoms with van der Waals surface area (Å²) in [5.41, 5.74) is 6.51. The Labute approximate surface area is 116 Å². The molecule has 1 aromatic carbocycles. The molecule has 2 N–H and O–H groups in total. The van der Waals surface area contributed by atoms with E-state index in [0.717, 1.165) is 18.4 Å². The van der Waals surface area contributed by atoms with Gasteiger partial charge >= 0.3 is 0 Å². The highest BCUT2D eigenvalue weighted by atomic mass is 19.1. The minimum absolute atomic E-state index is 0.0486. The lowest BCUT2D eigenvalue weighted by Gasteiger charge is -2.16. The van der Waals surface area contributed by atoms with E-state index in [2.05, 4.69) is 6.92 Å². The molecule has 0 heterocycles. The SMILES string of the molecule is CCCCCCC(C)Oc1ccc([C@@H](C)N)cc1F. The van der Waals surface area contributed by atoms with Crippen molar-refractivity contribution in [1.82, 2.24) is 0 Å². The average molecular weight is 267 g/mol. The van der Waals surface area contributed by atoms with Gasteiger partial charge in [-0.2, -0.15) is 0 Å². The molecule has 0 aliphatic rings. The molecule has 3 heteroatoms. The van der Waals surface area contributed by atoms with Gasteiger partial charge < -0.3 is 10.5 Å². The Morgan fingerprint density at radius 1 is 1.21 bits per heavy atom. The first-order chi connectivity index (χ1) is 9.04. The van der Waals surface area contributed by atoms with E-state index >= 15 is 0 Å². The molecular formula is C16H26FNO. The van der Waals surface area contributed by atoms with Gasteiger partial charge in [0.25, 0.3) is 0 Å². The Morgan fingerprint density at radius 3 is 2.53 bits per heavy atom. The summed E-state index contributed by atoms with van der Waals surface area (Å²) in [5, 5.41) is 0. The summed E-state index contributed by atoms with van der Waals surface area (Å²) in [6.45, 7) is 6.02. The Balaban J connectivity index is 2.48. The minimum Gasteiger partial charge on any atom is -0.488 e. The molecule has 0 amide bonds. The Hall–Kier alpha value is -1.09. The van der Waals surface area contributed by atoms with Crippen molar-refractivity contribution in [1.29, 1.82) is 0 Å². The van der Waals surface area contributed by atoms with E-state index in [4.69, 9.17) is 10.5 Å². The molecule has 2 atom stereocenters. The highest BCUT2D eigenvalue weighted by Crippen LogP contribution is 2.23. The van der Waals surface area contributed by atoms with Gasteiger partial charge in [0.1, 0.15) is 0 Å². The molecule has 0 fully saturated rings. The predicted molar refractivity (Wildman–Crippen MR) is 77.9 cm³/mol. The van der Waals surface area contributed by atoms with Gasteiger partial charge in [0.2, 0.25) is 0 Å². The summed E-state index contributed by atoms with van der Waals surface area (Å²) in [7, 11) is 0. The Morgan fingerprint density at radius 2 is 1.95 bits per heavy atom. The van der Waals surface area contributed by atoms with E-state index in [1.807, 2.05) is 19.9 Å². The third-order valence-electron chi connectivity index (χ3n) is 3.27. The zero-order chi connectivity index (χ0) is 14.3. The fourth-order valence-corrected chi connectivity index (χ4v) is 2.03. The van der Waals surface area contributed by atoms with Crippen molar-refractivity contribution >= 4 is 0 Å². The quantitative estimate of drug-likeness (QED) is 0.699. The van der Waals surface area contributed by atoms with Crippen molar-refractivity contribution in [3.8, 4) is 5.75 Å². The lowest BCUT2D eigenvalue weighted by atomic mass is 10.1. The van der Waals surface area contributed by atoms with E-state index < -0.39 is 0 Å². The molecule has 1 aromatic rings. The van der Waals surface area contributed by atoms with Crippen LogP contribution in [0.25, 0.3) is 0 Å². The van der Waals surface area contributed by atoms with E-state index in [0.29, 0.717) is 5.75 Å². The van der Waals surface area contributed by atoms with Crippen molar-refractivity contribution in [2.45, 2.75) is 65.0 Å². The molecule has 19 heavy (non-hydrogen) atoms. The third kappa shape index (κ3) is 5.60. The van der Waals surface area contributed by atoms with Crippen LogP contribution in [0.5, 0.6) is 5.75 Å². The standard InChI is InChI=1S/C16H26FNO/c1-4-5-6-7-8-12(2)19-16-10-9-14(13(3)18)11-15(16)17/h9-13H,4-8,18H2,1-3H3/t12?,13-/m1/s1. The van der Waals surface area contributed by atoms with Gasteiger partial charge in [0, 0.05) is 6.04 Å². The third-order valence-corrected chi connectivity index (χ3v) is 3.27. The minimum atomic E-state index is -0.324. The zero-order valence-corrected chi connectivity index (χ0v) is 12.3. The summed E-state index contributed by atoms with van der Waals surface area (Å²) in [6.07, 6.45) is 5.85. The first-order valence-corrected chi connectivity index (χ1v) is 7.26. The number of unbranched alkanes of at least 4 members (excludes halogenated alkanes) is 3. The van der Waals surface area contributed by atoms with Gasteiger partial charge in [0.05, 0.1) is 6.10 Å². The highest BCUT2D eigenvalue weighted by molar-refractivity contribution is 5.30. The molecular weight excluding hydrogens is 241 g/mol. The highest BCUT2D eigenvalue weighted by Gasteiger charge is 2.10. The van der Waals surface area contributed by atoms with Gasteiger partial charge in [-0.25, -0.2) is 4.39 Å². The molecule has 0 spiro atoms. The maximum atomic E-state index is 13.8. The van der Waals surface area contributed by atoms with E-state index in [-0.39, 0.29) is 18.0 Å². The lowest BCUT2D eigenvalue weighted by molar-refractivity contribution is 0.197. The van der Waals surface area contributed by atoms with Crippen molar-refractivity contribution < 1.29 is 9.13 Å². The summed E-state index contributed by atoms with van der Waals surface area (Å²) < 4.78 is 19.5. The van der Waals surface area contributed by atoms with Gasteiger partial charge in [-0.3, -0.25) is 0 Å². The second-order valence-corrected chi connectivity index (χ2v) is 5.26. The maximum Gasteiger partial charge on any atom is 0.165 e. The molecule has 2 nitrogen and oxygen atoms in total. The Bertz CT molecular complexity index is 379. The van der Waals surface area contributed by atoms with Crippen LogP contribution in [0.4, 0.5) is 4.39 Å². The van der Waals surface area contributed by atoms with Crippen LogP contribution in [0.15, 0.2) is 18.2 Å². The number of benzene rings is 1. The lowest BCUT2D eigenvalue weighted by Crippen LogP contribution is -2.13. The summed E-state index contributed by atoms with van der Waals surface area (Å²) in [5.74, 6) is 0.00241. The van der Waals surface area contributed by atoms with Gasteiger partial charge in [-0.1, -0.05) is 32.3 Å². The van der Waals surface area contributed by atoms with Gasteiger partial charge in [0.15, 0.2) is 11.6 Å². The molecule has 0 saturated heterocycles. The van der Waals surface area contributed by atoms with Crippen LogP contribution in [0.2, 0.25) is 0 Å². The van der Waals surface area contributed by atoms with Gasteiger partial charge in [-0.15, -0.1) is 0 Å². The number of halogens is 1. The fourth-order valence-electron chi connectivity index (χ4n) is 2.03. The van der Waals surface area contributed by atoms with Crippen molar-refractivity contribution in [2.24, 2.45) is 5.73 Å². The number of rotatable bonds is 8. The van der Waals surface area contributed by atoms with Crippen LogP contribution in [0.3, 0.4) is 0 Å². The van der Waals surface area contributed by atoms with Crippen molar-refractivity contribution in [3.63, 3.8) is 0 Å². The van der Waals surface area contributed by atoms with Crippen LogP contribution in [-0.4, -0.2) is 6.10 Å². The Kier molecular flexibility index (Phi) is 6.85. The normalized spacial score (nSPS) is 14.2. The molecule has 0 aliphatic carbocycles. The summed E-state index contributed by atoms with van der Waals surface area (Å²) >= 11 is 0. The number of ether oxygens (including phenoxy) is 1. The maximum absolute atomic E-state index is 13.8. The van der Waals surface area contributed by atoms with Gasteiger partial charge in [-0.05, 0) is 44.4 Å².